The predicted octanol–water partition coefficient (Wildman–Crippen LogP) is 10.5. The van der Waals surface area contributed by atoms with Crippen LogP contribution in [-0.4, -0.2) is 15.9 Å². The van der Waals surface area contributed by atoms with E-state index in [4.69, 9.17) is 4.52 Å². The van der Waals surface area contributed by atoms with Crippen LogP contribution >= 0.6 is 8.60 Å². The number of unbranched alkanes of at least 4 members (excludes halogenated alkanes) is 17. The fourth-order valence-electron chi connectivity index (χ4n) is 4.31. The summed E-state index contributed by atoms with van der Waals surface area (Å²) in [5, 5.41) is 0. The summed E-state index contributed by atoms with van der Waals surface area (Å²) in [6, 6.07) is 12.0. The minimum absolute atomic E-state index is 0.0414. The van der Waals surface area contributed by atoms with Crippen LogP contribution in [0.5, 0.6) is 0 Å². The molecule has 34 heavy (non-hydrogen) atoms. The monoisotopic (exact) mass is 496 g/mol. The molecule has 1 aromatic rings. The summed E-state index contributed by atoms with van der Waals surface area (Å²) in [5.41, 5.74) is 0. The summed E-state index contributed by atoms with van der Waals surface area (Å²) in [4.78, 5) is 18.5. The highest BCUT2D eigenvalue weighted by atomic mass is 31.2. The van der Waals surface area contributed by atoms with Crippen LogP contribution in [0.3, 0.4) is 0 Å². The summed E-state index contributed by atoms with van der Waals surface area (Å²) >= 11 is 0. The molecule has 3 nitrogen and oxygen atoms in total. The quantitative estimate of drug-likeness (QED) is 0.117. The van der Waals surface area contributed by atoms with Crippen molar-refractivity contribution < 1.29 is 14.3 Å². The summed E-state index contributed by atoms with van der Waals surface area (Å²) in [7, 11) is -2.21. The maximum absolute atomic E-state index is 9.23. The SMILES string of the molecule is CCCCCCCCCCCCC(CCCCCCCCCCC)OP(O)O.c1ccccc1. The van der Waals surface area contributed by atoms with E-state index in [1.165, 1.54) is 109 Å². The molecule has 0 amide bonds. The topological polar surface area (TPSA) is 49.7 Å². The van der Waals surface area contributed by atoms with Gasteiger partial charge in [-0.05, 0) is 12.8 Å². The summed E-state index contributed by atoms with van der Waals surface area (Å²) in [6.07, 6.45) is 27.3. The normalized spacial score (nSPS) is 11.9. The van der Waals surface area contributed by atoms with Crippen LogP contribution in [0.4, 0.5) is 0 Å². The van der Waals surface area contributed by atoms with Gasteiger partial charge in [0.15, 0.2) is 0 Å². The predicted molar refractivity (Wildman–Crippen MR) is 151 cm³/mol. The molecule has 1 rings (SSSR count). The minimum atomic E-state index is -2.21. The Balaban J connectivity index is 0.00000156. The number of hydrogen-bond acceptors (Lipinski definition) is 3. The lowest BCUT2D eigenvalue weighted by Gasteiger charge is -2.17. The smallest absolute Gasteiger partial charge is 0.327 e. The number of rotatable bonds is 23. The van der Waals surface area contributed by atoms with Gasteiger partial charge < -0.3 is 14.3 Å². The molecule has 0 aromatic heterocycles. The largest absolute Gasteiger partial charge is 0.328 e. The first-order valence-corrected chi connectivity index (χ1v) is 15.7. The molecule has 1 atom stereocenters. The van der Waals surface area contributed by atoms with Gasteiger partial charge in [0.2, 0.25) is 0 Å². The molecule has 0 heterocycles. The Labute approximate surface area is 214 Å². The lowest BCUT2D eigenvalue weighted by Crippen LogP contribution is -2.10. The Morgan fingerprint density at radius 1 is 0.471 bits per heavy atom. The molecule has 2 N–H and O–H groups in total. The molecule has 4 heteroatoms. The van der Waals surface area contributed by atoms with Crippen molar-refractivity contribution in [1.29, 1.82) is 0 Å². The van der Waals surface area contributed by atoms with Gasteiger partial charge >= 0.3 is 8.60 Å². The molecule has 0 spiro atoms. The Morgan fingerprint density at radius 3 is 1.00 bits per heavy atom. The van der Waals surface area contributed by atoms with Crippen LogP contribution in [-0.2, 0) is 4.52 Å². The van der Waals surface area contributed by atoms with Gasteiger partial charge in [-0.1, -0.05) is 172 Å². The molecular weight excluding hydrogens is 439 g/mol. The first kappa shape index (κ1) is 33.5. The number of benzene rings is 1. The maximum Gasteiger partial charge on any atom is 0.327 e. The van der Waals surface area contributed by atoms with E-state index >= 15 is 0 Å². The molecular formula is C30H57O3P. The molecule has 1 unspecified atom stereocenters. The molecule has 0 radical (unpaired) electrons. The second-order valence-corrected chi connectivity index (χ2v) is 10.4. The summed E-state index contributed by atoms with van der Waals surface area (Å²) in [6.45, 7) is 4.53. The summed E-state index contributed by atoms with van der Waals surface area (Å²) in [5.74, 6) is 0. The van der Waals surface area contributed by atoms with Crippen molar-refractivity contribution in [2.45, 2.75) is 155 Å². The lowest BCUT2D eigenvalue weighted by molar-refractivity contribution is 0.147. The highest BCUT2D eigenvalue weighted by Gasteiger charge is 2.13. The molecule has 0 saturated carbocycles. The van der Waals surface area contributed by atoms with E-state index in [9.17, 15) is 9.79 Å². The zero-order valence-electron chi connectivity index (χ0n) is 22.6. The second-order valence-electron chi connectivity index (χ2n) is 9.72. The molecule has 200 valence electrons. The van der Waals surface area contributed by atoms with Crippen LogP contribution < -0.4 is 0 Å². The van der Waals surface area contributed by atoms with Gasteiger partial charge in [0.25, 0.3) is 0 Å². The second kappa shape index (κ2) is 28.8. The van der Waals surface area contributed by atoms with Crippen LogP contribution in [0.2, 0.25) is 0 Å². The van der Waals surface area contributed by atoms with Gasteiger partial charge in [-0.3, -0.25) is 0 Å². The van der Waals surface area contributed by atoms with Crippen LogP contribution in [0.15, 0.2) is 36.4 Å². The first-order chi connectivity index (χ1) is 16.7. The van der Waals surface area contributed by atoms with Gasteiger partial charge in [-0.15, -0.1) is 0 Å². The van der Waals surface area contributed by atoms with Crippen molar-refractivity contribution in [3.63, 3.8) is 0 Å². The Bertz CT molecular complexity index is 443. The van der Waals surface area contributed by atoms with Crippen molar-refractivity contribution in [2.24, 2.45) is 0 Å². The Kier molecular flexibility index (Phi) is 28.4. The Morgan fingerprint density at radius 2 is 0.735 bits per heavy atom. The third-order valence-electron chi connectivity index (χ3n) is 6.42. The van der Waals surface area contributed by atoms with E-state index in [1.54, 1.807) is 0 Å². The molecule has 0 fully saturated rings. The van der Waals surface area contributed by atoms with Crippen LogP contribution in [0, 0.1) is 0 Å². The van der Waals surface area contributed by atoms with Crippen molar-refractivity contribution in [3.05, 3.63) is 36.4 Å². The minimum Gasteiger partial charge on any atom is -0.328 e. The Hall–Kier alpha value is -0.470. The molecule has 0 bridgehead atoms. The van der Waals surface area contributed by atoms with Gasteiger partial charge in [-0.25, -0.2) is 0 Å². The molecule has 0 aliphatic heterocycles. The van der Waals surface area contributed by atoms with Crippen molar-refractivity contribution in [1.82, 2.24) is 0 Å². The van der Waals surface area contributed by atoms with Gasteiger partial charge in [0, 0.05) is 0 Å². The molecule has 1 aromatic carbocycles. The maximum atomic E-state index is 9.23. The van der Waals surface area contributed by atoms with E-state index in [1.807, 2.05) is 36.4 Å². The highest BCUT2D eigenvalue weighted by molar-refractivity contribution is 7.39. The zero-order chi connectivity index (χ0) is 25.0. The van der Waals surface area contributed by atoms with Crippen molar-refractivity contribution in [2.75, 3.05) is 0 Å². The van der Waals surface area contributed by atoms with Crippen LogP contribution in [0.25, 0.3) is 0 Å². The van der Waals surface area contributed by atoms with Gasteiger partial charge in [0.1, 0.15) is 0 Å². The van der Waals surface area contributed by atoms with Gasteiger partial charge in [-0.2, -0.15) is 0 Å². The molecule has 0 aliphatic carbocycles. The first-order valence-electron chi connectivity index (χ1n) is 14.5. The number of hydrogen-bond donors (Lipinski definition) is 2. The lowest BCUT2D eigenvalue weighted by atomic mass is 10.0. The average molecular weight is 497 g/mol. The van der Waals surface area contributed by atoms with E-state index in [0.29, 0.717) is 0 Å². The van der Waals surface area contributed by atoms with E-state index in [0.717, 1.165) is 25.7 Å². The van der Waals surface area contributed by atoms with Gasteiger partial charge in [0.05, 0.1) is 6.10 Å². The highest BCUT2D eigenvalue weighted by Crippen LogP contribution is 2.31. The summed E-state index contributed by atoms with van der Waals surface area (Å²) < 4.78 is 5.38. The molecule has 0 aliphatic rings. The van der Waals surface area contributed by atoms with Crippen LogP contribution in [0.1, 0.15) is 149 Å². The van der Waals surface area contributed by atoms with Crippen molar-refractivity contribution in [3.8, 4) is 0 Å². The van der Waals surface area contributed by atoms with E-state index in [-0.39, 0.29) is 6.10 Å². The standard InChI is InChI=1S/C24H51O3P.C6H6/c1-3-5-7-9-11-13-15-17-19-21-23-24(27-28(25)26)22-20-18-16-14-12-10-8-6-4-2;1-2-4-6-5-3-1/h24-26H,3-23H2,1-2H3;1-6H. The third kappa shape index (κ3) is 27.8. The van der Waals surface area contributed by atoms with E-state index < -0.39 is 8.60 Å². The van der Waals surface area contributed by atoms with Crippen molar-refractivity contribution >= 4 is 8.60 Å². The van der Waals surface area contributed by atoms with E-state index in [2.05, 4.69) is 13.8 Å². The molecule has 0 saturated heterocycles. The fraction of sp³-hybridized carbons (Fsp3) is 0.800. The average Bonchev–Trinajstić information content (AvgIpc) is 2.85. The fourth-order valence-corrected chi connectivity index (χ4v) is 4.79. The third-order valence-corrected chi connectivity index (χ3v) is 6.91. The zero-order valence-corrected chi connectivity index (χ0v) is 23.5.